The lowest BCUT2D eigenvalue weighted by Crippen LogP contribution is -2.21. The summed E-state index contributed by atoms with van der Waals surface area (Å²) in [5.74, 6) is 0. The molecule has 0 aliphatic rings. The molecule has 0 atom stereocenters. The van der Waals surface area contributed by atoms with E-state index in [0.29, 0.717) is 0 Å². The van der Waals surface area contributed by atoms with Gasteiger partial charge in [-0.05, 0) is 31.0 Å². The van der Waals surface area contributed by atoms with E-state index in [1.807, 2.05) is 66.9 Å². The average Bonchev–Trinajstić information content (AvgIpc) is 2.47. The summed E-state index contributed by atoms with van der Waals surface area (Å²) in [7, 11) is 0. The van der Waals surface area contributed by atoms with Crippen molar-refractivity contribution >= 4 is 10.9 Å². The van der Waals surface area contributed by atoms with Crippen LogP contribution in [0.3, 0.4) is 0 Å². The van der Waals surface area contributed by atoms with Gasteiger partial charge in [-0.3, -0.25) is 4.79 Å². The fourth-order valence-electron chi connectivity index (χ4n) is 2.69. The van der Waals surface area contributed by atoms with Crippen LogP contribution >= 0.6 is 0 Å². The molecule has 0 fully saturated rings. The Balaban J connectivity index is 2.42. The minimum atomic E-state index is 0.0533. The first-order valence-electron chi connectivity index (χ1n) is 6.88. The standard InChI is InChI=1S/C18H17NO/c1-13(2)19-17-11-7-6-10-15(17)16(12-18(19)20)14-8-4-3-5-9-14/h3-13H,1-2H3. The molecule has 2 heteroatoms. The first-order chi connectivity index (χ1) is 9.68. The number of benzene rings is 2. The van der Waals surface area contributed by atoms with Crippen LogP contribution in [0.4, 0.5) is 0 Å². The summed E-state index contributed by atoms with van der Waals surface area (Å²) < 4.78 is 1.85. The van der Waals surface area contributed by atoms with Crippen LogP contribution in [0, 0.1) is 0 Å². The van der Waals surface area contributed by atoms with Crippen LogP contribution in [-0.4, -0.2) is 4.57 Å². The lowest BCUT2D eigenvalue weighted by atomic mass is 10.0. The van der Waals surface area contributed by atoms with Crippen LogP contribution in [0.5, 0.6) is 0 Å². The Bertz CT molecular complexity index is 801. The van der Waals surface area contributed by atoms with Gasteiger partial charge >= 0.3 is 0 Å². The molecule has 0 saturated heterocycles. The summed E-state index contributed by atoms with van der Waals surface area (Å²) in [4.78, 5) is 12.4. The Kier molecular flexibility index (Phi) is 3.15. The molecular formula is C18H17NO. The van der Waals surface area contributed by atoms with E-state index in [1.165, 1.54) is 0 Å². The van der Waals surface area contributed by atoms with E-state index in [4.69, 9.17) is 0 Å². The summed E-state index contributed by atoms with van der Waals surface area (Å²) in [6, 6.07) is 20.1. The Labute approximate surface area is 118 Å². The lowest BCUT2D eigenvalue weighted by Gasteiger charge is -2.16. The normalized spacial score (nSPS) is 11.2. The number of aromatic nitrogens is 1. The predicted molar refractivity (Wildman–Crippen MR) is 84.0 cm³/mol. The molecule has 3 aromatic rings. The largest absolute Gasteiger partial charge is 0.306 e. The number of hydrogen-bond acceptors (Lipinski definition) is 1. The van der Waals surface area contributed by atoms with Gasteiger partial charge in [0, 0.05) is 17.5 Å². The molecule has 1 aromatic heterocycles. The maximum absolute atomic E-state index is 12.4. The molecule has 2 aromatic carbocycles. The van der Waals surface area contributed by atoms with Crippen molar-refractivity contribution in [2.24, 2.45) is 0 Å². The van der Waals surface area contributed by atoms with Crippen molar-refractivity contribution in [1.82, 2.24) is 4.57 Å². The molecule has 0 aliphatic carbocycles. The van der Waals surface area contributed by atoms with Crippen LogP contribution in [-0.2, 0) is 0 Å². The molecule has 0 radical (unpaired) electrons. The molecule has 2 nitrogen and oxygen atoms in total. The zero-order valence-electron chi connectivity index (χ0n) is 11.7. The molecule has 0 N–H and O–H groups in total. The number of para-hydroxylation sites is 1. The van der Waals surface area contributed by atoms with Gasteiger partial charge in [0.2, 0.25) is 0 Å². The molecule has 20 heavy (non-hydrogen) atoms. The van der Waals surface area contributed by atoms with E-state index in [-0.39, 0.29) is 11.6 Å². The molecule has 0 unspecified atom stereocenters. The highest BCUT2D eigenvalue weighted by Gasteiger charge is 2.11. The molecule has 0 spiro atoms. The molecule has 100 valence electrons. The van der Waals surface area contributed by atoms with E-state index in [2.05, 4.69) is 6.07 Å². The van der Waals surface area contributed by atoms with E-state index in [1.54, 1.807) is 6.07 Å². The Morgan fingerprint density at radius 2 is 1.55 bits per heavy atom. The Morgan fingerprint density at radius 1 is 0.900 bits per heavy atom. The molecule has 0 saturated carbocycles. The third-order valence-electron chi connectivity index (χ3n) is 3.56. The van der Waals surface area contributed by atoms with Gasteiger partial charge in [-0.1, -0.05) is 48.5 Å². The van der Waals surface area contributed by atoms with Crippen LogP contribution in [0.2, 0.25) is 0 Å². The Morgan fingerprint density at radius 3 is 2.25 bits per heavy atom. The van der Waals surface area contributed by atoms with Crippen LogP contribution in [0.1, 0.15) is 19.9 Å². The fraction of sp³-hybridized carbons (Fsp3) is 0.167. The van der Waals surface area contributed by atoms with E-state index in [9.17, 15) is 4.79 Å². The maximum Gasteiger partial charge on any atom is 0.251 e. The molecular weight excluding hydrogens is 246 g/mol. The van der Waals surface area contributed by atoms with Crippen molar-refractivity contribution in [1.29, 1.82) is 0 Å². The van der Waals surface area contributed by atoms with Crippen molar-refractivity contribution in [3.8, 4) is 11.1 Å². The maximum atomic E-state index is 12.4. The molecule has 0 aliphatic heterocycles. The SMILES string of the molecule is CC(C)n1c(=O)cc(-c2ccccc2)c2ccccc21. The van der Waals surface area contributed by atoms with Crippen molar-refractivity contribution < 1.29 is 0 Å². The van der Waals surface area contributed by atoms with Crippen LogP contribution in [0.15, 0.2) is 65.5 Å². The Hall–Kier alpha value is -2.35. The topological polar surface area (TPSA) is 22.0 Å². The average molecular weight is 263 g/mol. The highest BCUT2D eigenvalue weighted by Crippen LogP contribution is 2.27. The van der Waals surface area contributed by atoms with Crippen LogP contribution < -0.4 is 5.56 Å². The number of nitrogens with zero attached hydrogens (tertiary/aromatic N) is 1. The fourth-order valence-corrected chi connectivity index (χ4v) is 2.69. The number of pyridine rings is 1. The molecule has 3 rings (SSSR count). The second-order valence-corrected chi connectivity index (χ2v) is 5.24. The minimum absolute atomic E-state index is 0.0533. The summed E-state index contributed by atoms with van der Waals surface area (Å²) in [6.45, 7) is 4.08. The van der Waals surface area contributed by atoms with Gasteiger partial charge in [0.1, 0.15) is 0 Å². The minimum Gasteiger partial charge on any atom is -0.306 e. The van der Waals surface area contributed by atoms with Crippen LogP contribution in [0.25, 0.3) is 22.0 Å². The number of hydrogen-bond donors (Lipinski definition) is 0. The van der Waals surface area contributed by atoms with Gasteiger partial charge in [0.05, 0.1) is 5.52 Å². The molecule has 0 amide bonds. The lowest BCUT2D eigenvalue weighted by molar-refractivity contribution is 0.601. The second-order valence-electron chi connectivity index (χ2n) is 5.24. The van der Waals surface area contributed by atoms with E-state index < -0.39 is 0 Å². The van der Waals surface area contributed by atoms with Crippen molar-refractivity contribution in [3.05, 3.63) is 71.0 Å². The first-order valence-corrected chi connectivity index (χ1v) is 6.88. The van der Waals surface area contributed by atoms with Gasteiger partial charge in [0.15, 0.2) is 0 Å². The quantitative estimate of drug-likeness (QED) is 0.677. The highest BCUT2D eigenvalue weighted by atomic mass is 16.1. The van der Waals surface area contributed by atoms with Crippen molar-refractivity contribution in [3.63, 3.8) is 0 Å². The van der Waals surface area contributed by atoms with Gasteiger partial charge < -0.3 is 4.57 Å². The smallest absolute Gasteiger partial charge is 0.251 e. The molecule has 0 bridgehead atoms. The second kappa shape index (κ2) is 4.97. The first kappa shape index (κ1) is 12.7. The van der Waals surface area contributed by atoms with Crippen molar-refractivity contribution in [2.45, 2.75) is 19.9 Å². The third-order valence-corrected chi connectivity index (χ3v) is 3.56. The van der Waals surface area contributed by atoms with Gasteiger partial charge in [0.25, 0.3) is 5.56 Å². The zero-order valence-corrected chi connectivity index (χ0v) is 11.7. The van der Waals surface area contributed by atoms with E-state index in [0.717, 1.165) is 22.0 Å². The summed E-state index contributed by atoms with van der Waals surface area (Å²) >= 11 is 0. The summed E-state index contributed by atoms with van der Waals surface area (Å²) in [5, 5.41) is 1.12. The summed E-state index contributed by atoms with van der Waals surface area (Å²) in [5.41, 5.74) is 3.13. The molecule has 1 heterocycles. The van der Waals surface area contributed by atoms with Gasteiger partial charge in [-0.15, -0.1) is 0 Å². The summed E-state index contributed by atoms with van der Waals surface area (Å²) in [6.07, 6.45) is 0. The van der Waals surface area contributed by atoms with E-state index >= 15 is 0 Å². The number of fused-ring (bicyclic) bond motifs is 1. The zero-order chi connectivity index (χ0) is 14.1. The predicted octanol–water partition coefficient (Wildman–Crippen LogP) is 4.25. The highest BCUT2D eigenvalue weighted by molar-refractivity contribution is 5.94. The van der Waals surface area contributed by atoms with Gasteiger partial charge in [-0.25, -0.2) is 0 Å². The number of rotatable bonds is 2. The monoisotopic (exact) mass is 263 g/mol. The van der Waals surface area contributed by atoms with Gasteiger partial charge in [-0.2, -0.15) is 0 Å². The van der Waals surface area contributed by atoms with Crippen molar-refractivity contribution in [2.75, 3.05) is 0 Å². The third kappa shape index (κ3) is 2.03.